The van der Waals surface area contributed by atoms with Gasteiger partial charge in [0.15, 0.2) is 6.10 Å². The highest BCUT2D eigenvalue weighted by Gasteiger charge is 2.25. The predicted octanol–water partition coefficient (Wildman–Crippen LogP) is 18.0. The first-order chi connectivity index (χ1) is 35.6. The van der Waals surface area contributed by atoms with E-state index in [2.05, 4.69) is 56.4 Å². The average molecular weight is 1030 g/mol. The summed E-state index contributed by atoms with van der Waals surface area (Å²) in [5, 5.41) is 9.68. The van der Waals surface area contributed by atoms with E-state index in [0.29, 0.717) is 17.4 Å². The Hall–Kier alpha value is -3.01. The van der Waals surface area contributed by atoms with E-state index < -0.39 is 24.3 Å². The molecule has 1 N–H and O–H groups in total. The molecule has 0 saturated heterocycles. The first-order valence-corrected chi connectivity index (χ1v) is 30.5. The molecule has 0 fully saturated rings. The molecular weight excluding hydrogens is 911 g/mol. The third-order valence-corrected chi connectivity index (χ3v) is 13.3. The lowest BCUT2D eigenvalue weighted by molar-refractivity contribution is -0.870. The maximum Gasteiger partial charge on any atom is 0.361 e. The van der Waals surface area contributed by atoms with Crippen LogP contribution in [0.2, 0.25) is 0 Å². The number of allylic oxidation sites excluding steroid dienone is 9. The van der Waals surface area contributed by atoms with Gasteiger partial charge in [0.05, 0.1) is 40.8 Å². The maximum absolute atomic E-state index is 12.8. The topological polar surface area (TPSA) is 108 Å². The Kier molecular flexibility index (Phi) is 53.0. The molecule has 0 bridgehead atoms. The molecule has 0 rings (SSSR count). The number of unbranched alkanes of at least 4 members (excludes halogenated alkanes) is 32. The van der Waals surface area contributed by atoms with Crippen molar-refractivity contribution >= 4 is 17.9 Å². The molecule has 0 radical (unpaired) electrons. The highest BCUT2D eigenvalue weighted by Crippen LogP contribution is 2.18. The number of carboxylic acids is 1. The second-order valence-electron chi connectivity index (χ2n) is 21.7. The summed E-state index contributed by atoms with van der Waals surface area (Å²) in [7, 11) is 5.94. The number of aliphatic carboxylic acids is 1. The van der Waals surface area contributed by atoms with Crippen LogP contribution in [0, 0.1) is 0 Å². The van der Waals surface area contributed by atoms with E-state index in [9.17, 15) is 19.5 Å². The predicted molar refractivity (Wildman–Crippen MR) is 309 cm³/mol. The van der Waals surface area contributed by atoms with E-state index >= 15 is 0 Å². The zero-order chi connectivity index (χ0) is 53.4. The molecule has 0 aliphatic carbocycles. The lowest BCUT2D eigenvalue weighted by atomic mass is 10.0. The number of carbonyl (C=O) groups excluding carboxylic acids is 2. The third kappa shape index (κ3) is 56.6. The van der Waals surface area contributed by atoms with Gasteiger partial charge in [0, 0.05) is 6.42 Å². The fraction of sp³-hybridized carbons (Fsp3) is 0.797. The summed E-state index contributed by atoms with van der Waals surface area (Å²) in [4.78, 5) is 37.3. The molecule has 2 unspecified atom stereocenters. The van der Waals surface area contributed by atoms with Crippen LogP contribution in [-0.2, 0) is 33.3 Å². The van der Waals surface area contributed by atoms with Gasteiger partial charge in [-0.1, -0.05) is 280 Å². The van der Waals surface area contributed by atoms with Crippen molar-refractivity contribution in [1.29, 1.82) is 0 Å². The fourth-order valence-electron chi connectivity index (χ4n) is 8.68. The molecule has 0 aromatic heterocycles. The van der Waals surface area contributed by atoms with Crippen LogP contribution < -0.4 is 0 Å². The van der Waals surface area contributed by atoms with Gasteiger partial charge in [-0.2, -0.15) is 0 Å². The van der Waals surface area contributed by atoms with E-state index in [1.807, 2.05) is 33.3 Å². The first-order valence-electron chi connectivity index (χ1n) is 30.5. The van der Waals surface area contributed by atoms with Crippen LogP contribution in [-0.4, -0.2) is 87.4 Å². The number of quaternary nitrogens is 1. The molecule has 0 aromatic rings. The quantitative estimate of drug-likeness (QED) is 0.0211. The minimum Gasteiger partial charge on any atom is -0.477 e. The van der Waals surface area contributed by atoms with Crippen LogP contribution in [0.5, 0.6) is 0 Å². The molecule has 424 valence electrons. The van der Waals surface area contributed by atoms with E-state index in [4.69, 9.17) is 18.9 Å². The highest BCUT2D eigenvalue weighted by molar-refractivity contribution is 5.72. The van der Waals surface area contributed by atoms with Crippen molar-refractivity contribution in [3.8, 4) is 0 Å². The molecule has 2 atom stereocenters. The molecule has 0 aromatic carbocycles. The smallest absolute Gasteiger partial charge is 0.361 e. The van der Waals surface area contributed by atoms with Crippen LogP contribution in [0.1, 0.15) is 271 Å². The van der Waals surface area contributed by atoms with Gasteiger partial charge < -0.3 is 28.5 Å². The normalized spacial score (nSPS) is 13.2. The number of likely N-dealkylation sites (N-methyl/N-ethyl adjacent to an activating group) is 1. The van der Waals surface area contributed by atoms with E-state index in [1.54, 1.807) is 6.08 Å². The molecule has 0 spiro atoms. The third-order valence-electron chi connectivity index (χ3n) is 13.3. The lowest BCUT2D eigenvalue weighted by Crippen LogP contribution is -2.40. The van der Waals surface area contributed by atoms with Gasteiger partial charge in [0.2, 0.25) is 0 Å². The molecule has 9 nitrogen and oxygen atoms in total. The van der Waals surface area contributed by atoms with E-state index in [0.717, 1.165) is 44.9 Å². The summed E-state index contributed by atoms with van der Waals surface area (Å²) in [5.41, 5.74) is 0. The van der Waals surface area contributed by atoms with Gasteiger partial charge in [0.1, 0.15) is 13.2 Å². The number of rotatable bonds is 56. The minimum atomic E-state index is -1.53. The van der Waals surface area contributed by atoms with E-state index in [1.165, 1.54) is 193 Å². The highest BCUT2D eigenvalue weighted by atomic mass is 16.7. The summed E-state index contributed by atoms with van der Waals surface area (Å²) in [5.74, 6) is -2.16. The molecule has 0 aliphatic heterocycles. The van der Waals surface area contributed by atoms with Crippen LogP contribution in [0.15, 0.2) is 60.8 Å². The molecule has 0 heterocycles. The molecule has 0 amide bonds. The zero-order valence-corrected chi connectivity index (χ0v) is 48.3. The summed E-state index contributed by atoms with van der Waals surface area (Å²) < 4.78 is 22.7. The number of ether oxygens (including phenoxy) is 4. The number of carbonyl (C=O) groups is 3. The van der Waals surface area contributed by atoms with Crippen LogP contribution >= 0.6 is 0 Å². The monoisotopic (exact) mass is 1030 g/mol. The first kappa shape index (κ1) is 70.0. The van der Waals surface area contributed by atoms with Crippen molar-refractivity contribution < 1.29 is 42.9 Å². The molecular formula is C64H116NO8+. The fourth-order valence-corrected chi connectivity index (χ4v) is 8.68. The lowest BCUT2D eigenvalue weighted by Gasteiger charge is -2.25. The van der Waals surface area contributed by atoms with Crippen LogP contribution in [0.25, 0.3) is 0 Å². The Morgan fingerprint density at radius 1 is 0.425 bits per heavy atom. The number of carboxylic acid groups (broad SMARTS) is 1. The molecule has 0 aliphatic rings. The van der Waals surface area contributed by atoms with E-state index in [-0.39, 0.29) is 38.6 Å². The van der Waals surface area contributed by atoms with Crippen molar-refractivity contribution in [2.24, 2.45) is 0 Å². The van der Waals surface area contributed by atoms with Crippen molar-refractivity contribution in [2.75, 3.05) is 47.5 Å². The second kappa shape index (κ2) is 55.2. The van der Waals surface area contributed by atoms with Gasteiger partial charge in [-0.15, -0.1) is 0 Å². The number of nitrogens with zero attached hydrogens (tertiary/aromatic N) is 1. The van der Waals surface area contributed by atoms with Crippen molar-refractivity contribution in [3.63, 3.8) is 0 Å². The van der Waals surface area contributed by atoms with Gasteiger partial charge in [-0.25, -0.2) is 4.79 Å². The Morgan fingerprint density at radius 2 is 0.767 bits per heavy atom. The summed E-state index contributed by atoms with van der Waals surface area (Å²) in [6.07, 6.45) is 68.0. The Labute approximate surface area is 450 Å². The number of hydrogen-bond donors (Lipinski definition) is 1. The van der Waals surface area contributed by atoms with Gasteiger partial charge >= 0.3 is 17.9 Å². The standard InChI is InChI=1S/C64H115NO8/c1-6-8-10-12-14-16-18-20-22-23-24-25-26-27-28-29-30-31-32-33-34-35-36-37-38-39-41-42-44-46-48-50-52-54-61(66)71-58-60(59-72-64(63(68)69)70-57-56-65(3,4)5)73-62(67)55-53-51-49-47-45-43-40-21-19-17-15-13-11-9-7-2/h9,11,15,17,21,40,45,47,51,53,60,64H,6-8,10,12-14,16,18-20,22-39,41-44,46,48-50,52,54-59H2,1-5H3/p+1/b11-9-,17-15-,40-21-,47-45-,53-51-. The summed E-state index contributed by atoms with van der Waals surface area (Å²) in [6, 6.07) is 0. The van der Waals surface area contributed by atoms with Crippen LogP contribution in [0.3, 0.4) is 0 Å². The van der Waals surface area contributed by atoms with Crippen molar-refractivity contribution in [3.05, 3.63) is 60.8 Å². The Morgan fingerprint density at radius 3 is 1.11 bits per heavy atom. The summed E-state index contributed by atoms with van der Waals surface area (Å²) >= 11 is 0. The molecule has 9 heteroatoms. The second-order valence-corrected chi connectivity index (χ2v) is 21.7. The Bertz CT molecular complexity index is 1380. The number of esters is 2. The molecule has 0 saturated carbocycles. The van der Waals surface area contributed by atoms with Gasteiger partial charge in [0.25, 0.3) is 6.29 Å². The van der Waals surface area contributed by atoms with Gasteiger partial charge in [-0.05, 0) is 38.5 Å². The average Bonchev–Trinajstić information content (AvgIpc) is 3.36. The van der Waals surface area contributed by atoms with Crippen molar-refractivity contribution in [1.82, 2.24) is 0 Å². The minimum absolute atomic E-state index is 0.0278. The summed E-state index contributed by atoms with van der Waals surface area (Å²) in [6.45, 7) is 4.67. The zero-order valence-electron chi connectivity index (χ0n) is 48.3. The Balaban J connectivity index is 4.08. The van der Waals surface area contributed by atoms with Gasteiger partial charge in [-0.3, -0.25) is 9.59 Å². The molecule has 73 heavy (non-hydrogen) atoms. The maximum atomic E-state index is 12.8. The van der Waals surface area contributed by atoms with Crippen molar-refractivity contribution in [2.45, 2.75) is 283 Å². The SMILES string of the molecule is CC/C=C\C/C=C\C/C=C\C/C=C\C/C=C\CC(=O)OC(COC(=O)CCCCCCCCCCCCCCCCCCCCCCCCCCCCCCCCCCC)COC(OCC[N+](C)(C)C)C(=O)O. The van der Waals surface area contributed by atoms with Crippen LogP contribution in [0.4, 0.5) is 0 Å². The largest absolute Gasteiger partial charge is 0.477 e. The number of hydrogen-bond acceptors (Lipinski definition) is 7.